The van der Waals surface area contributed by atoms with E-state index in [4.69, 9.17) is 19.9 Å². The van der Waals surface area contributed by atoms with E-state index in [1.807, 2.05) is 5.38 Å². The molecule has 6 heteroatoms. The van der Waals surface area contributed by atoms with Crippen LogP contribution in [0.4, 0.5) is 0 Å². The van der Waals surface area contributed by atoms with E-state index in [2.05, 4.69) is 28.9 Å². The van der Waals surface area contributed by atoms with Crippen LogP contribution < -0.4 is 5.73 Å². The molecule has 1 aromatic heterocycles. The van der Waals surface area contributed by atoms with Crippen molar-refractivity contribution < 1.29 is 14.2 Å². The number of nitrogens with two attached hydrogens (primary N) is 1. The average Bonchev–Trinajstić information content (AvgIpc) is 2.83. The molecule has 0 spiro atoms. The maximum absolute atomic E-state index is 6.13. The first kappa shape index (κ1) is 17.1. The molecule has 0 radical (unpaired) electrons. The predicted octanol–water partition coefficient (Wildman–Crippen LogP) is 2.97. The molecule has 2 atom stereocenters. The van der Waals surface area contributed by atoms with E-state index in [0.717, 1.165) is 15.8 Å². The van der Waals surface area contributed by atoms with E-state index < -0.39 is 0 Å². The summed E-state index contributed by atoms with van der Waals surface area (Å²) in [5.41, 5.74) is 6.13. The molecule has 2 N–H and O–H groups in total. The van der Waals surface area contributed by atoms with E-state index in [1.165, 1.54) is 0 Å². The highest BCUT2D eigenvalue weighted by Gasteiger charge is 2.20. The Morgan fingerprint density at radius 1 is 1.32 bits per heavy atom. The van der Waals surface area contributed by atoms with Crippen LogP contribution in [-0.2, 0) is 14.2 Å². The average molecular weight is 352 g/mol. The third-order valence-corrected chi connectivity index (χ3v) is 4.44. The quantitative estimate of drug-likeness (QED) is 0.658. The third kappa shape index (κ3) is 6.33. The second kappa shape index (κ2) is 9.85. The number of rotatable bonds is 10. The summed E-state index contributed by atoms with van der Waals surface area (Å²) in [6, 6.07) is 2.07. The second-order valence-electron chi connectivity index (χ2n) is 4.14. The zero-order chi connectivity index (χ0) is 14.1. The lowest BCUT2D eigenvalue weighted by molar-refractivity contribution is -0.0152. The maximum atomic E-state index is 6.13. The van der Waals surface area contributed by atoms with Crippen molar-refractivity contribution >= 4 is 27.3 Å². The highest BCUT2D eigenvalue weighted by molar-refractivity contribution is 9.10. The Labute approximate surface area is 127 Å². The van der Waals surface area contributed by atoms with Gasteiger partial charge in [-0.2, -0.15) is 0 Å². The van der Waals surface area contributed by atoms with Crippen LogP contribution in [0.25, 0.3) is 0 Å². The molecule has 0 aliphatic carbocycles. The highest BCUT2D eigenvalue weighted by Crippen LogP contribution is 2.30. The molecule has 0 saturated carbocycles. The number of hydrogen-bond acceptors (Lipinski definition) is 5. The first-order valence-electron chi connectivity index (χ1n) is 6.36. The van der Waals surface area contributed by atoms with Crippen LogP contribution in [-0.4, -0.2) is 39.6 Å². The van der Waals surface area contributed by atoms with Crippen LogP contribution >= 0.6 is 27.3 Å². The molecule has 4 nitrogen and oxygen atoms in total. The Hall–Kier alpha value is 0.0200. The molecule has 1 aromatic rings. The summed E-state index contributed by atoms with van der Waals surface area (Å²) < 4.78 is 17.2. The first-order chi connectivity index (χ1) is 9.19. The summed E-state index contributed by atoms with van der Waals surface area (Å²) in [5, 5.41) is 2.04. The fraction of sp³-hybridized carbons (Fsp3) is 0.692. The van der Waals surface area contributed by atoms with Gasteiger partial charge in [0.2, 0.25) is 0 Å². The third-order valence-electron chi connectivity index (χ3n) is 2.69. The van der Waals surface area contributed by atoms with Crippen molar-refractivity contribution in [2.75, 3.05) is 33.5 Å². The van der Waals surface area contributed by atoms with E-state index in [1.54, 1.807) is 18.4 Å². The SMILES string of the molecule is CCC(N)C(OCCOCCOC)c1cc(Br)cs1. The zero-order valence-electron chi connectivity index (χ0n) is 11.4. The standard InChI is InChI=1S/C13H22BrNO3S/c1-3-11(15)13(12-8-10(14)9-19-12)18-7-6-17-5-4-16-2/h8-9,11,13H,3-7,15H2,1-2H3. The van der Waals surface area contributed by atoms with Gasteiger partial charge in [0.05, 0.1) is 26.4 Å². The zero-order valence-corrected chi connectivity index (χ0v) is 13.8. The smallest absolute Gasteiger partial charge is 0.107 e. The van der Waals surface area contributed by atoms with Crippen molar-refractivity contribution in [1.82, 2.24) is 0 Å². The van der Waals surface area contributed by atoms with Gasteiger partial charge in [-0.15, -0.1) is 11.3 Å². The van der Waals surface area contributed by atoms with E-state index in [-0.39, 0.29) is 12.1 Å². The molecular formula is C13H22BrNO3S. The van der Waals surface area contributed by atoms with Gasteiger partial charge in [0.15, 0.2) is 0 Å². The van der Waals surface area contributed by atoms with Gasteiger partial charge in [0.25, 0.3) is 0 Å². The van der Waals surface area contributed by atoms with E-state index >= 15 is 0 Å². The van der Waals surface area contributed by atoms with Gasteiger partial charge in [0, 0.05) is 27.9 Å². The Morgan fingerprint density at radius 2 is 2.05 bits per heavy atom. The molecule has 0 aliphatic heterocycles. The maximum Gasteiger partial charge on any atom is 0.107 e. The fourth-order valence-electron chi connectivity index (χ4n) is 1.59. The number of thiophene rings is 1. The minimum absolute atomic E-state index is 0.00419. The first-order valence-corrected chi connectivity index (χ1v) is 8.04. The Morgan fingerprint density at radius 3 is 2.63 bits per heavy atom. The molecule has 0 saturated heterocycles. The van der Waals surface area contributed by atoms with Crippen molar-refractivity contribution in [3.05, 3.63) is 20.8 Å². The molecule has 0 amide bonds. The lowest BCUT2D eigenvalue weighted by Crippen LogP contribution is -2.30. The summed E-state index contributed by atoms with van der Waals surface area (Å²) in [5.74, 6) is 0. The van der Waals surface area contributed by atoms with Crippen LogP contribution in [0.15, 0.2) is 15.9 Å². The van der Waals surface area contributed by atoms with Crippen molar-refractivity contribution in [3.8, 4) is 0 Å². The van der Waals surface area contributed by atoms with Gasteiger partial charge in [0.1, 0.15) is 6.10 Å². The Kier molecular flexibility index (Phi) is 8.85. The van der Waals surface area contributed by atoms with Crippen LogP contribution in [0.5, 0.6) is 0 Å². The molecule has 0 aromatic carbocycles. The van der Waals surface area contributed by atoms with Gasteiger partial charge >= 0.3 is 0 Å². The predicted molar refractivity (Wildman–Crippen MR) is 81.7 cm³/mol. The van der Waals surface area contributed by atoms with Gasteiger partial charge in [-0.25, -0.2) is 0 Å². The molecule has 19 heavy (non-hydrogen) atoms. The molecule has 110 valence electrons. The molecule has 0 aliphatic rings. The van der Waals surface area contributed by atoms with Gasteiger partial charge in [-0.3, -0.25) is 0 Å². The van der Waals surface area contributed by atoms with Gasteiger partial charge in [-0.05, 0) is 28.4 Å². The molecule has 2 unspecified atom stereocenters. The summed E-state index contributed by atoms with van der Waals surface area (Å²) in [7, 11) is 1.66. The van der Waals surface area contributed by atoms with E-state index in [0.29, 0.717) is 26.4 Å². The summed E-state index contributed by atoms with van der Waals surface area (Å²) in [4.78, 5) is 1.15. The highest BCUT2D eigenvalue weighted by atomic mass is 79.9. The minimum Gasteiger partial charge on any atom is -0.382 e. The van der Waals surface area contributed by atoms with Crippen LogP contribution in [0.1, 0.15) is 24.3 Å². The summed E-state index contributed by atoms with van der Waals surface area (Å²) >= 11 is 5.12. The van der Waals surface area contributed by atoms with Gasteiger partial charge < -0.3 is 19.9 Å². The monoisotopic (exact) mass is 351 g/mol. The normalized spacial score (nSPS) is 14.5. The largest absolute Gasteiger partial charge is 0.382 e. The van der Waals surface area contributed by atoms with Crippen molar-refractivity contribution in [3.63, 3.8) is 0 Å². The number of ether oxygens (including phenoxy) is 3. The topological polar surface area (TPSA) is 53.7 Å². The molecule has 0 fully saturated rings. The summed E-state index contributed by atoms with van der Waals surface area (Å²) in [6.07, 6.45) is 0.817. The van der Waals surface area contributed by atoms with Gasteiger partial charge in [-0.1, -0.05) is 6.92 Å². The van der Waals surface area contributed by atoms with Crippen LogP contribution in [0, 0.1) is 0 Å². The molecule has 0 bridgehead atoms. The number of hydrogen-bond donors (Lipinski definition) is 1. The molecule has 1 rings (SSSR count). The van der Waals surface area contributed by atoms with Crippen molar-refractivity contribution in [1.29, 1.82) is 0 Å². The lowest BCUT2D eigenvalue weighted by atomic mass is 10.1. The van der Waals surface area contributed by atoms with Crippen LogP contribution in [0.3, 0.4) is 0 Å². The Bertz CT molecular complexity index is 348. The van der Waals surface area contributed by atoms with Crippen molar-refractivity contribution in [2.24, 2.45) is 5.73 Å². The minimum atomic E-state index is -0.0627. The number of methoxy groups -OCH3 is 1. The van der Waals surface area contributed by atoms with E-state index in [9.17, 15) is 0 Å². The number of halogens is 1. The fourth-order valence-corrected chi connectivity index (χ4v) is 3.15. The lowest BCUT2D eigenvalue weighted by Gasteiger charge is -2.22. The second-order valence-corrected chi connectivity index (χ2v) is 5.99. The molecule has 1 heterocycles. The van der Waals surface area contributed by atoms with Crippen LogP contribution in [0.2, 0.25) is 0 Å². The molecular weight excluding hydrogens is 330 g/mol. The Balaban J connectivity index is 2.39. The van der Waals surface area contributed by atoms with Crippen molar-refractivity contribution in [2.45, 2.75) is 25.5 Å². The summed E-state index contributed by atoms with van der Waals surface area (Å²) in [6.45, 7) is 4.36.